The zero-order valence-corrected chi connectivity index (χ0v) is 26.2. The van der Waals surface area contributed by atoms with E-state index in [9.17, 15) is 32.7 Å². The van der Waals surface area contributed by atoms with Gasteiger partial charge in [0, 0.05) is 26.2 Å². The number of nitrogens with one attached hydrogen (secondary N) is 1. The van der Waals surface area contributed by atoms with Crippen molar-refractivity contribution in [3.63, 3.8) is 0 Å². The molecular weight excluding hydrogens is 643 g/mol. The van der Waals surface area contributed by atoms with Gasteiger partial charge in [-0.2, -0.15) is 22.7 Å². The Bertz CT molecular complexity index is 1940. The summed E-state index contributed by atoms with van der Waals surface area (Å²) in [4.78, 5) is 55.5. The van der Waals surface area contributed by atoms with Crippen molar-refractivity contribution in [2.75, 3.05) is 49.6 Å². The third-order valence-corrected chi connectivity index (χ3v) is 9.00. The Hall–Kier alpha value is -4.84. The van der Waals surface area contributed by atoms with E-state index in [-0.39, 0.29) is 66.3 Å². The third-order valence-electron chi connectivity index (χ3n) is 7.95. The summed E-state index contributed by atoms with van der Waals surface area (Å²) in [6, 6.07) is 2.09. The number of halogens is 3. The number of amides is 2. The summed E-state index contributed by atoms with van der Waals surface area (Å²) < 4.78 is 47.5. The lowest BCUT2D eigenvalue weighted by molar-refractivity contribution is -0.134. The number of ether oxygens (including phenoxy) is 1. The van der Waals surface area contributed by atoms with Crippen LogP contribution in [0.3, 0.4) is 0 Å². The van der Waals surface area contributed by atoms with Crippen molar-refractivity contribution in [2.45, 2.75) is 39.4 Å². The summed E-state index contributed by atoms with van der Waals surface area (Å²) >= 11 is 0.413. The van der Waals surface area contributed by atoms with Gasteiger partial charge in [0.05, 0.1) is 29.6 Å². The fourth-order valence-corrected chi connectivity index (χ4v) is 6.37. The Morgan fingerprint density at radius 1 is 1.15 bits per heavy atom. The van der Waals surface area contributed by atoms with E-state index < -0.39 is 28.4 Å². The van der Waals surface area contributed by atoms with Gasteiger partial charge in [0.1, 0.15) is 23.4 Å². The number of nitrogens with zero attached hydrogens (tertiary/aromatic N) is 8. The molecule has 6 rings (SSSR count). The molecule has 0 aromatic carbocycles. The monoisotopic (exact) mass is 673 g/mol. The van der Waals surface area contributed by atoms with Crippen LogP contribution in [0, 0.1) is 6.92 Å². The standard InChI is InChI=1S/C29H30F3N9O5S/c1-3-18-23(38-8-10-39(11-9-38)26(44)22-24(43)16(2)33-15-34-22)27(45)41-28(36-25(37-41)17-6-12-46-13-7-17)40(18)14-20(42)35-21-5-4-19(47-21)29(30,31)32/h4-6,15,43H,3,7-14H2,1-2H3,(H,35,42). The lowest BCUT2D eigenvalue weighted by atomic mass is 10.1. The van der Waals surface area contributed by atoms with Crippen molar-refractivity contribution < 1.29 is 32.6 Å². The van der Waals surface area contributed by atoms with E-state index in [1.54, 1.807) is 11.5 Å². The number of aryl methyl sites for hydroxylation is 1. The fourth-order valence-electron chi connectivity index (χ4n) is 5.58. The maximum Gasteiger partial charge on any atom is 0.425 e. The number of aromatic nitrogens is 6. The lowest BCUT2D eigenvalue weighted by Gasteiger charge is -2.36. The Morgan fingerprint density at radius 3 is 2.57 bits per heavy atom. The topological polar surface area (TPSA) is 160 Å². The molecule has 0 atom stereocenters. The first-order valence-corrected chi connectivity index (χ1v) is 15.6. The molecule has 1 saturated heterocycles. The largest absolute Gasteiger partial charge is 0.504 e. The molecule has 248 valence electrons. The molecule has 0 bridgehead atoms. The molecule has 4 aromatic heterocycles. The SMILES string of the molecule is CCc1c(N2CCN(C(=O)c3ncnc(C)c3O)CC2)c(=O)n2nc(C3=CCOCC3)nc2n1CC(=O)Nc1ccc(C(F)(F)F)s1. The molecular formula is C29H30F3N9O5S. The van der Waals surface area contributed by atoms with Crippen molar-refractivity contribution in [1.29, 1.82) is 0 Å². The van der Waals surface area contributed by atoms with Crippen LogP contribution in [0.1, 0.15) is 45.9 Å². The first-order chi connectivity index (χ1) is 22.5. The Kier molecular flexibility index (Phi) is 8.71. The highest BCUT2D eigenvalue weighted by Crippen LogP contribution is 2.36. The van der Waals surface area contributed by atoms with Crippen molar-refractivity contribution in [1.82, 2.24) is 34.0 Å². The zero-order valence-electron chi connectivity index (χ0n) is 25.4. The van der Waals surface area contributed by atoms with Crippen molar-refractivity contribution in [2.24, 2.45) is 0 Å². The lowest BCUT2D eigenvalue weighted by Crippen LogP contribution is -2.51. The van der Waals surface area contributed by atoms with Crippen molar-refractivity contribution >= 4 is 45.2 Å². The molecule has 6 heterocycles. The number of aromatic hydroxyl groups is 1. The van der Waals surface area contributed by atoms with Gasteiger partial charge < -0.3 is 29.5 Å². The molecule has 18 heteroatoms. The predicted molar refractivity (Wildman–Crippen MR) is 165 cm³/mol. The number of rotatable bonds is 7. The summed E-state index contributed by atoms with van der Waals surface area (Å²) in [5.41, 5.74) is 1.23. The predicted octanol–water partition coefficient (Wildman–Crippen LogP) is 2.74. The molecule has 1 fully saturated rings. The van der Waals surface area contributed by atoms with Crippen molar-refractivity contribution in [3.8, 4) is 5.75 Å². The molecule has 47 heavy (non-hydrogen) atoms. The summed E-state index contributed by atoms with van der Waals surface area (Å²) in [7, 11) is 0. The number of carbonyl (C=O) groups is 2. The molecule has 0 unspecified atom stereocenters. The van der Waals surface area contributed by atoms with Gasteiger partial charge in [0.2, 0.25) is 11.7 Å². The number of thiophene rings is 1. The quantitative estimate of drug-likeness (QED) is 0.299. The Balaban J connectivity index is 1.34. The van der Waals surface area contributed by atoms with Gasteiger partial charge in [-0.15, -0.1) is 16.4 Å². The minimum absolute atomic E-state index is 0.0258. The van der Waals surface area contributed by atoms with Crippen LogP contribution in [0.25, 0.3) is 11.4 Å². The number of alkyl halides is 3. The number of anilines is 2. The molecule has 14 nitrogen and oxygen atoms in total. The van der Waals surface area contributed by atoms with Gasteiger partial charge in [0.15, 0.2) is 17.3 Å². The average molecular weight is 674 g/mol. The summed E-state index contributed by atoms with van der Waals surface area (Å²) in [5.74, 6) is -0.961. The summed E-state index contributed by atoms with van der Waals surface area (Å²) in [6.45, 7) is 4.74. The highest BCUT2D eigenvalue weighted by molar-refractivity contribution is 7.16. The maximum absolute atomic E-state index is 14.1. The van der Waals surface area contributed by atoms with Crippen LogP contribution in [0.4, 0.5) is 23.9 Å². The number of fused-ring (bicyclic) bond motifs is 1. The first-order valence-electron chi connectivity index (χ1n) is 14.8. The van der Waals surface area contributed by atoms with Crippen LogP contribution in [-0.2, 0) is 28.7 Å². The van der Waals surface area contributed by atoms with E-state index in [0.29, 0.717) is 48.9 Å². The van der Waals surface area contributed by atoms with E-state index in [2.05, 4.69) is 25.4 Å². The minimum atomic E-state index is -4.54. The minimum Gasteiger partial charge on any atom is -0.504 e. The van der Waals surface area contributed by atoms with Gasteiger partial charge in [-0.1, -0.05) is 13.0 Å². The molecule has 2 aliphatic heterocycles. The fraction of sp³-hybridized carbons (Fsp3) is 0.414. The van der Waals surface area contributed by atoms with Gasteiger partial charge in [0.25, 0.3) is 11.5 Å². The number of piperazine rings is 1. The second-order valence-electron chi connectivity index (χ2n) is 10.9. The Labute approximate surface area is 269 Å². The van der Waals surface area contributed by atoms with Crippen molar-refractivity contribution in [3.05, 3.63) is 62.7 Å². The van der Waals surface area contributed by atoms with Gasteiger partial charge >= 0.3 is 6.18 Å². The molecule has 4 aromatic rings. The first kappa shape index (κ1) is 32.1. The number of hydrogen-bond donors (Lipinski definition) is 2. The summed E-state index contributed by atoms with van der Waals surface area (Å²) in [6.07, 6.45) is -0.684. The highest BCUT2D eigenvalue weighted by Gasteiger charge is 2.33. The van der Waals surface area contributed by atoms with E-state index in [1.807, 2.05) is 17.9 Å². The number of hydrogen-bond acceptors (Lipinski definition) is 11. The molecule has 0 radical (unpaired) electrons. The second-order valence-corrected chi connectivity index (χ2v) is 12.0. The third kappa shape index (κ3) is 6.29. The van der Waals surface area contributed by atoms with E-state index >= 15 is 0 Å². The van der Waals surface area contributed by atoms with Gasteiger partial charge in [-0.25, -0.2) is 9.97 Å². The highest BCUT2D eigenvalue weighted by atomic mass is 32.1. The van der Waals surface area contributed by atoms with E-state index in [4.69, 9.17) is 4.74 Å². The molecule has 2 amide bonds. The van der Waals surface area contributed by atoms with Crippen LogP contribution in [0.2, 0.25) is 0 Å². The average Bonchev–Trinajstić information content (AvgIpc) is 3.72. The summed E-state index contributed by atoms with van der Waals surface area (Å²) in [5, 5.41) is 17.4. The zero-order chi connectivity index (χ0) is 33.5. The van der Waals surface area contributed by atoms with Crippen LogP contribution in [-0.4, -0.2) is 90.3 Å². The smallest absolute Gasteiger partial charge is 0.425 e. The number of carbonyl (C=O) groups excluding carboxylic acids is 2. The maximum atomic E-state index is 14.1. The molecule has 0 aliphatic carbocycles. The van der Waals surface area contributed by atoms with Crippen LogP contribution in [0.5, 0.6) is 5.75 Å². The molecule has 0 spiro atoms. The normalized spacial score (nSPS) is 15.6. The van der Waals surface area contributed by atoms with Crippen LogP contribution in [0.15, 0.2) is 29.3 Å². The van der Waals surface area contributed by atoms with E-state index in [1.165, 1.54) is 17.3 Å². The molecule has 2 aliphatic rings. The van der Waals surface area contributed by atoms with Gasteiger partial charge in [-0.05, 0) is 37.5 Å². The van der Waals surface area contributed by atoms with E-state index in [0.717, 1.165) is 16.2 Å². The molecule has 0 saturated carbocycles. The van der Waals surface area contributed by atoms with Gasteiger partial charge in [-0.3, -0.25) is 14.4 Å². The second kappa shape index (κ2) is 12.7. The van der Waals surface area contributed by atoms with Crippen LogP contribution < -0.4 is 15.8 Å². The van der Waals surface area contributed by atoms with Crippen LogP contribution >= 0.6 is 11.3 Å². The Morgan fingerprint density at radius 2 is 1.91 bits per heavy atom. The molecule has 2 N–H and O–H groups in total.